The van der Waals surface area contributed by atoms with Crippen molar-refractivity contribution in [1.29, 1.82) is 0 Å². The number of fused-ring (bicyclic) bond motifs is 3. The molecule has 2 aromatic carbocycles. The van der Waals surface area contributed by atoms with Crippen molar-refractivity contribution in [2.45, 2.75) is 6.42 Å². The van der Waals surface area contributed by atoms with E-state index in [0.717, 1.165) is 12.0 Å². The van der Waals surface area contributed by atoms with Gasteiger partial charge in [0.2, 0.25) is 0 Å². The molecule has 116 valence electrons. The average molecular weight is 313 g/mol. The van der Waals surface area contributed by atoms with Crippen molar-refractivity contribution in [2.75, 3.05) is 0 Å². The smallest absolute Gasteiger partial charge is 0.266 e. The Balaban J connectivity index is 1.49. The zero-order valence-corrected chi connectivity index (χ0v) is 12.9. The highest BCUT2D eigenvalue weighted by Gasteiger charge is 2.17. The first-order valence-corrected chi connectivity index (χ1v) is 7.77. The van der Waals surface area contributed by atoms with Gasteiger partial charge in [0.1, 0.15) is 5.69 Å². The lowest BCUT2D eigenvalue weighted by atomic mass is 10.0. The molecule has 0 saturated carbocycles. The fourth-order valence-corrected chi connectivity index (χ4v) is 2.97. The van der Waals surface area contributed by atoms with Gasteiger partial charge in [0, 0.05) is 6.20 Å². The standard InChI is InChI=1S/C20H15N3O/c24-20(19-7-3-4-10-21-19)23-22-13-14-8-9-18-16(11-14)12-15-5-1-2-6-17(15)18/h1-11,13H,12H2,(H,23,24)/b22-13+. The summed E-state index contributed by atoms with van der Waals surface area (Å²) in [7, 11) is 0. The maximum Gasteiger partial charge on any atom is 0.289 e. The number of carbonyl (C=O) groups excluding carboxylic acids is 1. The molecular formula is C20H15N3O. The number of rotatable bonds is 3. The second kappa shape index (κ2) is 6.08. The maximum absolute atomic E-state index is 11.9. The second-order valence-corrected chi connectivity index (χ2v) is 5.66. The van der Waals surface area contributed by atoms with Crippen molar-refractivity contribution in [3.05, 3.63) is 89.2 Å². The summed E-state index contributed by atoms with van der Waals surface area (Å²) in [5.74, 6) is -0.319. The number of pyridine rings is 1. The number of hydrogen-bond donors (Lipinski definition) is 1. The van der Waals surface area contributed by atoms with Crippen LogP contribution in [0, 0.1) is 0 Å². The van der Waals surface area contributed by atoms with Crippen molar-refractivity contribution in [3.63, 3.8) is 0 Å². The lowest BCUT2D eigenvalue weighted by Crippen LogP contribution is -2.18. The number of nitrogens with zero attached hydrogens (tertiary/aromatic N) is 2. The number of nitrogens with one attached hydrogen (secondary N) is 1. The summed E-state index contributed by atoms with van der Waals surface area (Å²) in [4.78, 5) is 15.9. The molecule has 1 aromatic heterocycles. The third-order valence-corrected chi connectivity index (χ3v) is 4.09. The third-order valence-electron chi connectivity index (χ3n) is 4.09. The van der Waals surface area contributed by atoms with Gasteiger partial charge in [-0.3, -0.25) is 9.78 Å². The number of hydrogen-bond acceptors (Lipinski definition) is 3. The van der Waals surface area contributed by atoms with E-state index in [-0.39, 0.29) is 5.91 Å². The fraction of sp³-hybridized carbons (Fsp3) is 0.0500. The predicted molar refractivity (Wildman–Crippen MR) is 94.0 cm³/mol. The molecule has 4 nitrogen and oxygen atoms in total. The van der Waals surface area contributed by atoms with Gasteiger partial charge in [-0.25, -0.2) is 5.43 Å². The molecule has 1 aliphatic rings. The van der Waals surface area contributed by atoms with Gasteiger partial charge in [0.05, 0.1) is 6.21 Å². The first-order valence-electron chi connectivity index (χ1n) is 7.77. The molecule has 0 fully saturated rings. The quantitative estimate of drug-likeness (QED) is 0.465. The van der Waals surface area contributed by atoms with Crippen molar-refractivity contribution in [2.24, 2.45) is 5.10 Å². The summed E-state index contributed by atoms with van der Waals surface area (Å²) in [6.07, 6.45) is 4.17. The number of aromatic nitrogens is 1. The van der Waals surface area contributed by atoms with Gasteiger partial charge in [-0.15, -0.1) is 0 Å². The Labute approximate surface area is 139 Å². The van der Waals surface area contributed by atoms with Crippen molar-refractivity contribution >= 4 is 12.1 Å². The van der Waals surface area contributed by atoms with Gasteiger partial charge in [0.15, 0.2) is 0 Å². The van der Waals surface area contributed by atoms with Crippen LogP contribution in [-0.2, 0) is 6.42 Å². The van der Waals surface area contributed by atoms with Gasteiger partial charge in [-0.2, -0.15) is 5.10 Å². The van der Waals surface area contributed by atoms with Crippen molar-refractivity contribution in [3.8, 4) is 11.1 Å². The zero-order valence-electron chi connectivity index (χ0n) is 12.9. The Hall–Kier alpha value is -3.27. The van der Waals surface area contributed by atoms with Gasteiger partial charge in [0.25, 0.3) is 5.91 Å². The summed E-state index contributed by atoms with van der Waals surface area (Å²) in [5.41, 5.74) is 9.03. The van der Waals surface area contributed by atoms with Gasteiger partial charge >= 0.3 is 0 Å². The summed E-state index contributed by atoms with van der Waals surface area (Å²) < 4.78 is 0. The van der Waals surface area contributed by atoms with Gasteiger partial charge in [-0.1, -0.05) is 42.5 Å². The van der Waals surface area contributed by atoms with Crippen LogP contribution in [-0.4, -0.2) is 17.1 Å². The zero-order chi connectivity index (χ0) is 16.4. The van der Waals surface area contributed by atoms with Gasteiger partial charge < -0.3 is 0 Å². The largest absolute Gasteiger partial charge is 0.289 e. The molecule has 0 spiro atoms. The fourth-order valence-electron chi connectivity index (χ4n) is 2.97. The lowest BCUT2D eigenvalue weighted by Gasteiger charge is -2.02. The van der Waals surface area contributed by atoms with Gasteiger partial charge in [-0.05, 0) is 52.4 Å². The van der Waals surface area contributed by atoms with Crippen molar-refractivity contribution in [1.82, 2.24) is 10.4 Å². The summed E-state index contributed by atoms with van der Waals surface area (Å²) >= 11 is 0. The molecule has 4 heteroatoms. The summed E-state index contributed by atoms with van der Waals surface area (Å²) in [6, 6.07) is 19.9. The molecule has 0 bridgehead atoms. The highest BCUT2D eigenvalue weighted by molar-refractivity contribution is 5.93. The molecule has 3 aromatic rings. The lowest BCUT2D eigenvalue weighted by molar-refractivity contribution is 0.0950. The molecule has 0 unspecified atom stereocenters. The SMILES string of the molecule is O=C(N/N=C/c1ccc2c(c1)Cc1ccccc1-2)c1ccccn1. The van der Waals surface area contributed by atoms with Crippen LogP contribution >= 0.6 is 0 Å². The van der Waals surface area contributed by atoms with E-state index >= 15 is 0 Å². The van der Waals surface area contributed by atoms with Crippen LogP contribution in [0.4, 0.5) is 0 Å². The minimum atomic E-state index is -0.319. The molecule has 0 aliphatic heterocycles. The average Bonchev–Trinajstić information content (AvgIpc) is 3.00. The molecule has 0 radical (unpaired) electrons. The van der Waals surface area contributed by atoms with E-state index in [2.05, 4.69) is 51.9 Å². The van der Waals surface area contributed by atoms with Crippen LogP contribution < -0.4 is 5.43 Å². The number of benzene rings is 2. The molecule has 1 heterocycles. The first-order chi connectivity index (χ1) is 11.8. The monoisotopic (exact) mass is 313 g/mol. The second-order valence-electron chi connectivity index (χ2n) is 5.66. The maximum atomic E-state index is 11.9. The van der Waals surface area contributed by atoms with E-state index in [4.69, 9.17) is 0 Å². The van der Waals surface area contributed by atoms with Crippen LogP contribution in [0.3, 0.4) is 0 Å². The van der Waals surface area contributed by atoms with Crippen LogP contribution in [0.5, 0.6) is 0 Å². The number of hydrazone groups is 1. The van der Waals surface area contributed by atoms with Crippen LogP contribution in [0.25, 0.3) is 11.1 Å². The molecule has 0 saturated heterocycles. The Kier molecular flexibility index (Phi) is 3.63. The summed E-state index contributed by atoms with van der Waals surface area (Å²) in [6.45, 7) is 0. The number of carbonyl (C=O) groups is 1. The van der Waals surface area contributed by atoms with E-state index in [1.807, 2.05) is 6.07 Å². The van der Waals surface area contributed by atoms with Crippen molar-refractivity contribution < 1.29 is 4.79 Å². The summed E-state index contributed by atoms with van der Waals surface area (Å²) in [5, 5.41) is 4.03. The molecule has 24 heavy (non-hydrogen) atoms. The third kappa shape index (κ3) is 2.70. The normalized spacial score (nSPS) is 12.0. The minimum Gasteiger partial charge on any atom is -0.266 e. The predicted octanol–water partition coefficient (Wildman–Crippen LogP) is 3.42. The topological polar surface area (TPSA) is 54.4 Å². The highest BCUT2D eigenvalue weighted by Crippen LogP contribution is 2.36. The molecule has 1 aliphatic carbocycles. The molecule has 4 rings (SSSR count). The van der Waals surface area contributed by atoms with E-state index < -0.39 is 0 Å². The van der Waals surface area contributed by atoms with E-state index in [1.54, 1.807) is 30.6 Å². The molecule has 1 N–H and O–H groups in total. The minimum absolute atomic E-state index is 0.319. The Morgan fingerprint density at radius 1 is 1.00 bits per heavy atom. The highest BCUT2D eigenvalue weighted by atomic mass is 16.2. The van der Waals surface area contributed by atoms with E-state index in [9.17, 15) is 4.79 Å². The van der Waals surface area contributed by atoms with Crippen LogP contribution in [0.15, 0.2) is 72.0 Å². The molecule has 0 atom stereocenters. The molecule has 1 amide bonds. The Bertz CT molecular complexity index is 933. The van der Waals surface area contributed by atoms with E-state index in [0.29, 0.717) is 5.69 Å². The Morgan fingerprint density at radius 2 is 1.83 bits per heavy atom. The first kappa shape index (κ1) is 14.3. The number of amides is 1. The van der Waals surface area contributed by atoms with Crippen LogP contribution in [0.2, 0.25) is 0 Å². The van der Waals surface area contributed by atoms with Crippen LogP contribution in [0.1, 0.15) is 27.2 Å². The van der Waals surface area contributed by atoms with E-state index in [1.165, 1.54) is 22.3 Å². The Morgan fingerprint density at radius 3 is 2.71 bits per heavy atom. The molecular weight excluding hydrogens is 298 g/mol.